The highest BCUT2D eigenvalue weighted by molar-refractivity contribution is 6.98. The lowest BCUT2D eigenvalue weighted by Gasteiger charge is -2.33. The number of aromatic nitrogens is 1. The minimum absolute atomic E-state index is 0.0530. The predicted octanol–water partition coefficient (Wildman–Crippen LogP) is 7.41. The first-order chi connectivity index (χ1) is 20.3. The molecule has 41 heavy (non-hydrogen) atoms. The Morgan fingerprint density at radius 1 is 0.512 bits per heavy atom. The Hall–Kier alpha value is -5.42. The van der Waals surface area contributed by atoms with Gasteiger partial charge >= 0.3 is 0 Å². The lowest BCUT2D eigenvalue weighted by molar-refractivity contribution is 0.464. The summed E-state index contributed by atoms with van der Waals surface area (Å²) in [7, 11) is 0. The number of rotatable bonds is 1. The van der Waals surface area contributed by atoms with E-state index in [1.807, 2.05) is 24.3 Å². The Balaban J connectivity index is 1.29. The molecule has 0 atom stereocenters. The Morgan fingerprint density at radius 2 is 1.15 bits per heavy atom. The van der Waals surface area contributed by atoms with Gasteiger partial charge in [-0.05, 0) is 47.3 Å². The fourth-order valence-corrected chi connectivity index (χ4v) is 7.02. The van der Waals surface area contributed by atoms with Crippen molar-refractivity contribution in [2.45, 2.75) is 0 Å². The number of para-hydroxylation sites is 4. The van der Waals surface area contributed by atoms with Crippen LogP contribution < -0.4 is 25.9 Å². The van der Waals surface area contributed by atoms with Crippen LogP contribution in [0.1, 0.15) is 0 Å². The summed E-state index contributed by atoms with van der Waals surface area (Å²) in [4.78, 5) is 0. The first kappa shape index (κ1) is 21.4. The highest BCUT2D eigenvalue weighted by Gasteiger charge is 2.40. The van der Waals surface area contributed by atoms with Crippen molar-refractivity contribution in [1.82, 2.24) is 4.57 Å². The van der Waals surface area contributed by atoms with E-state index in [-0.39, 0.29) is 6.71 Å². The minimum atomic E-state index is 0.0530. The number of benzene rings is 6. The van der Waals surface area contributed by atoms with Gasteiger partial charge in [-0.1, -0.05) is 72.8 Å². The molecule has 0 unspecified atom stereocenters. The van der Waals surface area contributed by atoms with Crippen LogP contribution in [0.2, 0.25) is 0 Å². The summed E-state index contributed by atoms with van der Waals surface area (Å²) < 4.78 is 22.0. The van der Waals surface area contributed by atoms with Crippen LogP contribution in [-0.2, 0) is 0 Å². The van der Waals surface area contributed by atoms with E-state index in [1.165, 1.54) is 0 Å². The molecule has 0 fully saturated rings. The van der Waals surface area contributed by atoms with Crippen LogP contribution in [0, 0.1) is 0 Å². The lowest BCUT2D eigenvalue weighted by atomic mass is 9.35. The molecular formula is C36H20BNO3. The quantitative estimate of drug-likeness (QED) is 0.210. The summed E-state index contributed by atoms with van der Waals surface area (Å²) in [5.74, 6) is 3.42. The molecule has 6 aromatic carbocycles. The fraction of sp³-hybridized carbons (Fsp3) is 0. The maximum absolute atomic E-state index is 6.60. The molecule has 5 heteroatoms. The van der Waals surface area contributed by atoms with Gasteiger partial charge in [0.25, 0.3) is 6.71 Å². The monoisotopic (exact) mass is 525 g/mol. The average Bonchev–Trinajstić information content (AvgIpc) is 3.56. The molecule has 2 aliphatic rings. The molecule has 0 amide bonds. The summed E-state index contributed by atoms with van der Waals surface area (Å²) in [5.41, 5.74) is 8.37. The van der Waals surface area contributed by atoms with Gasteiger partial charge in [0.05, 0.1) is 22.1 Å². The standard InChI is InChI=1S/C36H20BNO3/c1-5-13-27-24(10-1)34-28(18-17-23-22-9-2-6-14-29(22)41-36(23)34)38(27)21-19-32-35-33(20-21)40-31-16-8-4-12-26(31)37(35)25-11-3-7-15-30(25)39-32/h1-20H. The number of nitrogens with zero attached hydrogens (tertiary/aromatic N) is 1. The summed E-state index contributed by atoms with van der Waals surface area (Å²) >= 11 is 0. The molecule has 0 spiro atoms. The highest BCUT2D eigenvalue weighted by atomic mass is 16.5. The van der Waals surface area contributed by atoms with Gasteiger partial charge in [0.1, 0.15) is 34.2 Å². The molecular weight excluding hydrogens is 505 g/mol. The molecule has 0 saturated carbocycles. The van der Waals surface area contributed by atoms with Crippen molar-refractivity contribution in [3.8, 4) is 28.7 Å². The van der Waals surface area contributed by atoms with E-state index in [4.69, 9.17) is 13.9 Å². The topological polar surface area (TPSA) is 36.5 Å². The second-order valence-electron chi connectivity index (χ2n) is 10.9. The van der Waals surface area contributed by atoms with Crippen molar-refractivity contribution in [2.75, 3.05) is 0 Å². The van der Waals surface area contributed by atoms with E-state index in [2.05, 4.69) is 102 Å². The lowest BCUT2D eigenvalue weighted by Crippen LogP contribution is -2.57. The van der Waals surface area contributed by atoms with E-state index >= 15 is 0 Å². The van der Waals surface area contributed by atoms with Gasteiger partial charge < -0.3 is 18.5 Å². The van der Waals surface area contributed by atoms with Crippen LogP contribution in [0.3, 0.4) is 0 Å². The maximum Gasteiger partial charge on any atom is 0.260 e. The zero-order valence-electron chi connectivity index (χ0n) is 21.8. The van der Waals surface area contributed by atoms with Crippen LogP contribution in [-0.4, -0.2) is 11.3 Å². The molecule has 0 bridgehead atoms. The Kier molecular flexibility index (Phi) is 3.98. The molecule has 0 aliphatic carbocycles. The van der Waals surface area contributed by atoms with Crippen molar-refractivity contribution in [1.29, 1.82) is 0 Å². The summed E-state index contributed by atoms with van der Waals surface area (Å²) in [6, 6.07) is 42.1. The smallest absolute Gasteiger partial charge is 0.260 e. The van der Waals surface area contributed by atoms with Crippen molar-refractivity contribution in [3.05, 3.63) is 121 Å². The molecule has 2 aliphatic heterocycles. The van der Waals surface area contributed by atoms with Crippen molar-refractivity contribution < 1.29 is 13.9 Å². The number of hydrogen-bond donors (Lipinski definition) is 0. The van der Waals surface area contributed by atoms with Crippen molar-refractivity contribution in [2.24, 2.45) is 0 Å². The number of ether oxygens (including phenoxy) is 2. The van der Waals surface area contributed by atoms with Crippen molar-refractivity contribution in [3.63, 3.8) is 0 Å². The number of furan rings is 1. The zero-order chi connectivity index (χ0) is 26.7. The molecule has 8 aromatic rings. The molecule has 4 nitrogen and oxygen atoms in total. The van der Waals surface area contributed by atoms with Crippen molar-refractivity contribution >= 4 is 66.8 Å². The number of fused-ring (bicyclic) bond motifs is 11. The van der Waals surface area contributed by atoms with E-state index in [9.17, 15) is 0 Å². The van der Waals surface area contributed by atoms with Gasteiger partial charge in [-0.15, -0.1) is 0 Å². The Morgan fingerprint density at radius 3 is 1.90 bits per heavy atom. The molecule has 0 N–H and O–H groups in total. The normalized spacial score (nSPS) is 13.2. The van der Waals surface area contributed by atoms with Gasteiger partial charge in [0, 0.05) is 33.8 Å². The molecule has 0 radical (unpaired) electrons. The van der Waals surface area contributed by atoms with Gasteiger partial charge in [0.2, 0.25) is 0 Å². The third-order valence-corrected chi connectivity index (χ3v) is 8.72. The third kappa shape index (κ3) is 2.75. The SMILES string of the molecule is c1ccc2c(c1)Oc1cc(-n3c4ccccc4c4c5oc6ccccc6c5ccc43)cc3c1B2c1ccccc1O3. The largest absolute Gasteiger partial charge is 0.458 e. The van der Waals surface area contributed by atoms with Crippen LogP contribution in [0.15, 0.2) is 126 Å². The predicted molar refractivity (Wildman–Crippen MR) is 166 cm³/mol. The van der Waals surface area contributed by atoms with E-state index in [1.54, 1.807) is 0 Å². The first-order valence-corrected chi connectivity index (χ1v) is 13.9. The van der Waals surface area contributed by atoms with Crippen LogP contribution in [0.5, 0.6) is 23.0 Å². The van der Waals surface area contributed by atoms with Gasteiger partial charge in [-0.2, -0.15) is 0 Å². The first-order valence-electron chi connectivity index (χ1n) is 13.9. The van der Waals surface area contributed by atoms with Crippen LogP contribution in [0.25, 0.3) is 49.4 Å². The molecule has 0 saturated heterocycles. The second-order valence-corrected chi connectivity index (χ2v) is 10.9. The van der Waals surface area contributed by atoms with Crippen LogP contribution >= 0.6 is 0 Å². The summed E-state index contributed by atoms with van der Waals surface area (Å²) in [5, 5.41) is 4.51. The summed E-state index contributed by atoms with van der Waals surface area (Å²) in [6.45, 7) is 0.0530. The number of hydrogen-bond acceptors (Lipinski definition) is 3. The van der Waals surface area contributed by atoms with E-state index < -0.39 is 0 Å². The second kappa shape index (κ2) is 7.61. The third-order valence-electron chi connectivity index (χ3n) is 8.72. The maximum atomic E-state index is 6.60. The van der Waals surface area contributed by atoms with Gasteiger partial charge in [-0.3, -0.25) is 0 Å². The molecule has 4 heterocycles. The Labute approximate surface area is 235 Å². The Bertz CT molecular complexity index is 2330. The average molecular weight is 525 g/mol. The van der Waals surface area contributed by atoms with Crippen LogP contribution in [0.4, 0.5) is 0 Å². The molecule has 10 rings (SSSR count). The minimum Gasteiger partial charge on any atom is -0.458 e. The summed E-state index contributed by atoms with van der Waals surface area (Å²) in [6.07, 6.45) is 0. The zero-order valence-corrected chi connectivity index (χ0v) is 21.8. The van der Waals surface area contributed by atoms with Gasteiger partial charge in [0.15, 0.2) is 0 Å². The molecule has 2 aromatic heterocycles. The fourth-order valence-electron chi connectivity index (χ4n) is 7.02. The molecule has 190 valence electrons. The van der Waals surface area contributed by atoms with Gasteiger partial charge in [-0.25, -0.2) is 0 Å². The highest BCUT2D eigenvalue weighted by Crippen LogP contribution is 2.42. The van der Waals surface area contributed by atoms with E-state index in [0.29, 0.717) is 0 Å². The van der Waals surface area contributed by atoms with E-state index in [0.717, 1.165) is 88.8 Å².